The highest BCUT2D eigenvalue weighted by Crippen LogP contribution is 2.33. The molecule has 2 aromatic carbocycles. The Balaban J connectivity index is 1.87. The highest BCUT2D eigenvalue weighted by atomic mass is 79.9. The van der Waals surface area contributed by atoms with Crippen molar-refractivity contribution in [2.24, 2.45) is 0 Å². The average molecular weight is 414 g/mol. The lowest BCUT2D eigenvalue weighted by atomic mass is 10.3. The van der Waals surface area contributed by atoms with Gasteiger partial charge in [-0.3, -0.25) is 4.72 Å². The molecule has 0 atom stereocenters. The van der Waals surface area contributed by atoms with Crippen LogP contribution in [0.5, 0.6) is 17.2 Å². The highest BCUT2D eigenvalue weighted by Gasteiger charge is 2.18. The molecule has 1 N–H and O–H groups in total. The summed E-state index contributed by atoms with van der Waals surface area (Å²) in [6, 6.07) is 9.52. The summed E-state index contributed by atoms with van der Waals surface area (Å²) in [6.45, 7) is 1.12. The Morgan fingerprint density at radius 1 is 1.08 bits per heavy atom. The zero-order chi connectivity index (χ0) is 17.2. The molecule has 24 heavy (non-hydrogen) atoms. The number of sulfonamides is 1. The SMILES string of the molecule is COc1ccc(S(=O)(=O)Nc2ccc3c(c2)OCCCO3)cc1Br. The van der Waals surface area contributed by atoms with Crippen LogP contribution < -0.4 is 18.9 Å². The Bertz CT molecular complexity index is 854. The van der Waals surface area contributed by atoms with Crippen molar-refractivity contribution in [3.8, 4) is 17.2 Å². The number of rotatable bonds is 4. The third-order valence-corrected chi connectivity index (χ3v) is 5.43. The lowest BCUT2D eigenvalue weighted by molar-refractivity contribution is 0.297. The predicted octanol–water partition coefficient (Wildman–Crippen LogP) is 3.42. The van der Waals surface area contributed by atoms with Gasteiger partial charge in [0.15, 0.2) is 11.5 Å². The van der Waals surface area contributed by atoms with E-state index in [1.54, 1.807) is 24.3 Å². The Hall–Kier alpha value is -1.93. The lowest BCUT2D eigenvalue weighted by Crippen LogP contribution is -2.13. The molecule has 0 aliphatic carbocycles. The van der Waals surface area contributed by atoms with Crippen LogP contribution in [0.25, 0.3) is 0 Å². The van der Waals surface area contributed by atoms with Gasteiger partial charge in [-0.2, -0.15) is 0 Å². The summed E-state index contributed by atoms with van der Waals surface area (Å²) in [7, 11) is -2.21. The van der Waals surface area contributed by atoms with Crippen molar-refractivity contribution in [1.82, 2.24) is 0 Å². The molecule has 1 aliphatic heterocycles. The van der Waals surface area contributed by atoms with Crippen LogP contribution in [0.4, 0.5) is 5.69 Å². The minimum atomic E-state index is -3.73. The minimum Gasteiger partial charge on any atom is -0.496 e. The third kappa shape index (κ3) is 3.59. The van der Waals surface area contributed by atoms with Crippen molar-refractivity contribution < 1.29 is 22.6 Å². The molecule has 0 amide bonds. The number of hydrogen-bond donors (Lipinski definition) is 1. The van der Waals surface area contributed by atoms with Crippen molar-refractivity contribution in [3.63, 3.8) is 0 Å². The predicted molar refractivity (Wildman–Crippen MR) is 93.6 cm³/mol. The van der Waals surface area contributed by atoms with Crippen molar-refractivity contribution in [2.45, 2.75) is 11.3 Å². The Morgan fingerprint density at radius 3 is 2.54 bits per heavy atom. The van der Waals surface area contributed by atoms with Crippen LogP contribution in [0.2, 0.25) is 0 Å². The van der Waals surface area contributed by atoms with Crippen LogP contribution in [0.15, 0.2) is 45.8 Å². The van der Waals surface area contributed by atoms with Crippen molar-refractivity contribution >= 4 is 31.6 Å². The molecule has 1 heterocycles. The zero-order valence-corrected chi connectivity index (χ0v) is 15.3. The van der Waals surface area contributed by atoms with Gasteiger partial charge in [0.1, 0.15) is 5.75 Å². The summed E-state index contributed by atoms with van der Waals surface area (Å²) < 4.78 is 44.4. The Morgan fingerprint density at radius 2 is 1.83 bits per heavy atom. The van der Waals surface area contributed by atoms with Gasteiger partial charge in [-0.25, -0.2) is 8.42 Å². The van der Waals surface area contributed by atoms with Crippen LogP contribution in [-0.4, -0.2) is 28.7 Å². The number of fused-ring (bicyclic) bond motifs is 1. The molecule has 0 bridgehead atoms. The number of anilines is 1. The van der Waals surface area contributed by atoms with E-state index in [1.807, 2.05) is 0 Å². The van der Waals surface area contributed by atoms with Crippen molar-refractivity contribution in [1.29, 1.82) is 0 Å². The largest absolute Gasteiger partial charge is 0.496 e. The number of hydrogen-bond acceptors (Lipinski definition) is 5. The summed E-state index contributed by atoms with van der Waals surface area (Å²) in [4.78, 5) is 0.127. The fraction of sp³-hybridized carbons (Fsp3) is 0.250. The fourth-order valence-corrected chi connectivity index (χ4v) is 4.02. The first kappa shape index (κ1) is 16.9. The van der Waals surface area contributed by atoms with E-state index in [-0.39, 0.29) is 4.90 Å². The van der Waals surface area contributed by atoms with Gasteiger partial charge in [-0.15, -0.1) is 0 Å². The number of ether oxygens (including phenoxy) is 3. The van der Waals surface area contributed by atoms with Gasteiger partial charge in [0, 0.05) is 12.5 Å². The standard InChI is InChI=1S/C16H16BrNO5S/c1-21-14-6-4-12(10-13(14)17)24(19,20)18-11-3-5-15-16(9-11)23-8-2-7-22-15/h3-6,9-10,18H,2,7-8H2,1H3. The van der Waals surface area contributed by atoms with Crippen molar-refractivity contribution in [3.05, 3.63) is 40.9 Å². The van der Waals surface area contributed by atoms with Gasteiger partial charge in [0.05, 0.1) is 35.4 Å². The van der Waals surface area contributed by atoms with E-state index in [1.165, 1.54) is 19.2 Å². The maximum absolute atomic E-state index is 12.5. The van der Waals surface area contributed by atoms with Crippen LogP contribution in [0, 0.1) is 0 Å². The van der Waals surface area contributed by atoms with Gasteiger partial charge in [-0.1, -0.05) is 0 Å². The van der Waals surface area contributed by atoms with Gasteiger partial charge in [0.25, 0.3) is 10.0 Å². The molecule has 0 radical (unpaired) electrons. The van der Waals surface area contributed by atoms with Gasteiger partial charge < -0.3 is 14.2 Å². The molecule has 0 unspecified atom stereocenters. The van der Waals surface area contributed by atoms with Crippen LogP contribution in [0.1, 0.15) is 6.42 Å². The number of nitrogens with one attached hydrogen (secondary N) is 1. The molecule has 128 valence electrons. The summed E-state index contributed by atoms with van der Waals surface area (Å²) in [5.74, 6) is 1.70. The third-order valence-electron chi connectivity index (χ3n) is 3.43. The summed E-state index contributed by atoms with van der Waals surface area (Å²) in [5.41, 5.74) is 0.409. The minimum absolute atomic E-state index is 0.127. The van der Waals surface area contributed by atoms with E-state index >= 15 is 0 Å². The molecule has 0 spiro atoms. The van der Waals surface area contributed by atoms with E-state index < -0.39 is 10.0 Å². The number of halogens is 1. The van der Waals surface area contributed by atoms with E-state index in [9.17, 15) is 8.42 Å². The van der Waals surface area contributed by atoms with E-state index in [0.29, 0.717) is 40.6 Å². The normalized spacial score (nSPS) is 13.9. The first-order chi connectivity index (χ1) is 11.5. The maximum Gasteiger partial charge on any atom is 0.261 e. The Labute approximate surface area is 148 Å². The second-order valence-electron chi connectivity index (χ2n) is 5.11. The quantitative estimate of drug-likeness (QED) is 0.830. The van der Waals surface area contributed by atoms with E-state index in [2.05, 4.69) is 20.7 Å². The first-order valence-corrected chi connectivity index (χ1v) is 9.53. The number of benzene rings is 2. The molecule has 6 nitrogen and oxygen atoms in total. The first-order valence-electron chi connectivity index (χ1n) is 7.25. The molecular formula is C16H16BrNO5S. The van der Waals surface area contributed by atoms with Crippen LogP contribution in [0.3, 0.4) is 0 Å². The van der Waals surface area contributed by atoms with Crippen LogP contribution in [-0.2, 0) is 10.0 Å². The summed E-state index contributed by atoms with van der Waals surface area (Å²) >= 11 is 3.29. The monoisotopic (exact) mass is 413 g/mol. The second kappa shape index (κ2) is 6.90. The molecule has 0 saturated carbocycles. The zero-order valence-electron chi connectivity index (χ0n) is 12.9. The molecule has 0 aromatic heterocycles. The van der Waals surface area contributed by atoms with Gasteiger partial charge in [0.2, 0.25) is 0 Å². The fourth-order valence-electron chi connectivity index (χ4n) is 2.26. The summed E-state index contributed by atoms with van der Waals surface area (Å²) in [6.07, 6.45) is 0.787. The topological polar surface area (TPSA) is 73.9 Å². The highest BCUT2D eigenvalue weighted by molar-refractivity contribution is 9.10. The lowest BCUT2D eigenvalue weighted by Gasteiger charge is -2.12. The van der Waals surface area contributed by atoms with Gasteiger partial charge >= 0.3 is 0 Å². The molecule has 8 heteroatoms. The van der Waals surface area contributed by atoms with Gasteiger partial charge in [-0.05, 0) is 46.3 Å². The average Bonchev–Trinajstić information content (AvgIpc) is 2.79. The molecular weight excluding hydrogens is 398 g/mol. The molecule has 3 rings (SSSR count). The summed E-state index contributed by atoms with van der Waals surface area (Å²) in [5, 5.41) is 0. The van der Waals surface area contributed by atoms with Crippen LogP contribution >= 0.6 is 15.9 Å². The molecule has 1 aliphatic rings. The molecule has 0 fully saturated rings. The second-order valence-corrected chi connectivity index (χ2v) is 7.65. The molecule has 0 saturated heterocycles. The van der Waals surface area contributed by atoms with Crippen molar-refractivity contribution in [2.75, 3.05) is 25.0 Å². The molecule has 2 aromatic rings. The number of methoxy groups -OCH3 is 1. The van der Waals surface area contributed by atoms with E-state index in [0.717, 1.165) is 6.42 Å². The maximum atomic E-state index is 12.5. The smallest absolute Gasteiger partial charge is 0.261 e. The van der Waals surface area contributed by atoms with E-state index in [4.69, 9.17) is 14.2 Å². The Kier molecular flexibility index (Phi) is 4.86.